The van der Waals surface area contributed by atoms with Crippen molar-refractivity contribution >= 4 is 15.7 Å². The highest BCUT2D eigenvalue weighted by Gasteiger charge is 2.17. The Kier molecular flexibility index (Phi) is 5.34. The predicted octanol–water partition coefficient (Wildman–Crippen LogP) is 1.59. The van der Waals surface area contributed by atoms with Gasteiger partial charge in [-0.15, -0.1) is 0 Å². The highest BCUT2D eigenvalue weighted by atomic mass is 32.2. The second-order valence-electron chi connectivity index (χ2n) is 4.79. The fourth-order valence-electron chi connectivity index (χ4n) is 1.59. The molecule has 0 bridgehead atoms. The molecule has 0 unspecified atom stereocenters. The van der Waals surface area contributed by atoms with Crippen molar-refractivity contribution in [2.24, 2.45) is 0 Å². The summed E-state index contributed by atoms with van der Waals surface area (Å²) in [5, 5.41) is 0. The Morgan fingerprint density at radius 2 is 1.84 bits per heavy atom. The number of nitrogens with two attached hydrogens (primary N) is 1. The summed E-state index contributed by atoms with van der Waals surface area (Å²) < 4.78 is 32.0. The molecule has 1 rings (SSSR count). The second kappa shape index (κ2) is 6.36. The van der Waals surface area contributed by atoms with E-state index in [0.29, 0.717) is 6.61 Å². The van der Waals surface area contributed by atoms with Gasteiger partial charge < -0.3 is 10.5 Å². The zero-order valence-corrected chi connectivity index (χ0v) is 12.7. The Bertz CT molecular complexity index is 539. The lowest BCUT2D eigenvalue weighted by atomic mass is 10.1. The summed E-state index contributed by atoms with van der Waals surface area (Å²) in [4.78, 5) is 0.125. The smallest absolute Gasteiger partial charge is 0.242 e. The molecule has 1 aromatic rings. The molecule has 19 heavy (non-hydrogen) atoms. The van der Waals surface area contributed by atoms with Gasteiger partial charge in [-0.05, 0) is 51.0 Å². The SMILES string of the molecule is Cc1cc(N)c(S(=O)(=O)NCCOC(C)C)cc1C. The number of ether oxygens (including phenoxy) is 1. The molecule has 0 aliphatic rings. The lowest BCUT2D eigenvalue weighted by Crippen LogP contribution is -2.29. The van der Waals surface area contributed by atoms with Crippen molar-refractivity contribution in [2.45, 2.75) is 38.7 Å². The van der Waals surface area contributed by atoms with Crippen molar-refractivity contribution in [1.82, 2.24) is 4.72 Å². The maximum absolute atomic E-state index is 12.1. The summed E-state index contributed by atoms with van der Waals surface area (Å²) in [6.45, 7) is 8.11. The molecule has 1 aromatic carbocycles. The lowest BCUT2D eigenvalue weighted by Gasteiger charge is -2.12. The first-order valence-electron chi connectivity index (χ1n) is 6.22. The number of aryl methyl sites for hydroxylation is 2. The molecule has 0 heterocycles. The summed E-state index contributed by atoms with van der Waals surface area (Å²) >= 11 is 0. The van der Waals surface area contributed by atoms with Crippen LogP contribution in [-0.4, -0.2) is 27.7 Å². The summed E-state index contributed by atoms with van der Waals surface area (Å²) in [6, 6.07) is 3.27. The summed E-state index contributed by atoms with van der Waals surface area (Å²) in [6.07, 6.45) is 0.0798. The van der Waals surface area contributed by atoms with Gasteiger partial charge in [-0.25, -0.2) is 13.1 Å². The first kappa shape index (κ1) is 15.9. The average molecular weight is 286 g/mol. The van der Waals surface area contributed by atoms with Gasteiger partial charge in [0.1, 0.15) is 4.90 Å². The molecule has 0 spiro atoms. The molecule has 5 nitrogen and oxygen atoms in total. The fraction of sp³-hybridized carbons (Fsp3) is 0.538. The van der Waals surface area contributed by atoms with Crippen LogP contribution < -0.4 is 10.5 Å². The molecule has 3 N–H and O–H groups in total. The van der Waals surface area contributed by atoms with Crippen molar-refractivity contribution in [3.63, 3.8) is 0 Å². The lowest BCUT2D eigenvalue weighted by molar-refractivity contribution is 0.0834. The second-order valence-corrected chi connectivity index (χ2v) is 6.53. The first-order valence-corrected chi connectivity index (χ1v) is 7.70. The van der Waals surface area contributed by atoms with Gasteiger partial charge in [0, 0.05) is 6.54 Å². The molecule has 0 fully saturated rings. The number of rotatable bonds is 6. The van der Waals surface area contributed by atoms with Crippen LogP contribution in [0.4, 0.5) is 5.69 Å². The molecule has 0 radical (unpaired) electrons. The number of hydrogen-bond acceptors (Lipinski definition) is 4. The molecule has 0 amide bonds. The first-order chi connectivity index (χ1) is 8.74. The van der Waals surface area contributed by atoms with Crippen LogP contribution in [-0.2, 0) is 14.8 Å². The van der Waals surface area contributed by atoms with E-state index >= 15 is 0 Å². The standard InChI is InChI=1S/C13H22N2O3S/c1-9(2)18-6-5-15-19(16,17)13-8-11(4)10(3)7-12(13)14/h7-9,15H,5-6,14H2,1-4H3. The van der Waals surface area contributed by atoms with Crippen molar-refractivity contribution in [3.8, 4) is 0 Å². The van der Waals surface area contributed by atoms with Gasteiger partial charge >= 0.3 is 0 Å². The number of sulfonamides is 1. The third-order valence-corrected chi connectivity index (χ3v) is 4.28. The van der Waals surface area contributed by atoms with Crippen molar-refractivity contribution in [3.05, 3.63) is 23.3 Å². The molecule has 0 saturated carbocycles. The van der Waals surface area contributed by atoms with E-state index in [-0.39, 0.29) is 23.2 Å². The Labute approximate surface area is 115 Å². The van der Waals surface area contributed by atoms with E-state index in [9.17, 15) is 8.42 Å². The maximum Gasteiger partial charge on any atom is 0.242 e. The highest BCUT2D eigenvalue weighted by molar-refractivity contribution is 7.89. The minimum absolute atomic E-state index is 0.0798. The number of nitrogens with one attached hydrogen (secondary N) is 1. The number of hydrogen-bond donors (Lipinski definition) is 2. The molecular weight excluding hydrogens is 264 g/mol. The number of benzene rings is 1. The Morgan fingerprint density at radius 3 is 2.42 bits per heavy atom. The minimum atomic E-state index is -3.58. The van der Waals surface area contributed by atoms with E-state index in [0.717, 1.165) is 11.1 Å². The Morgan fingerprint density at radius 1 is 1.26 bits per heavy atom. The predicted molar refractivity (Wildman–Crippen MR) is 76.6 cm³/mol. The Balaban J connectivity index is 2.80. The van der Waals surface area contributed by atoms with E-state index in [1.165, 1.54) is 0 Å². The zero-order valence-electron chi connectivity index (χ0n) is 11.9. The zero-order chi connectivity index (χ0) is 14.6. The van der Waals surface area contributed by atoms with Crippen molar-refractivity contribution < 1.29 is 13.2 Å². The quantitative estimate of drug-likeness (QED) is 0.614. The highest BCUT2D eigenvalue weighted by Crippen LogP contribution is 2.22. The van der Waals surface area contributed by atoms with Crippen LogP contribution in [0.3, 0.4) is 0 Å². The minimum Gasteiger partial charge on any atom is -0.398 e. The van der Waals surface area contributed by atoms with Crippen LogP contribution in [0.2, 0.25) is 0 Å². The van der Waals surface area contributed by atoms with Gasteiger partial charge in [0.25, 0.3) is 0 Å². The van der Waals surface area contributed by atoms with Gasteiger partial charge in [0.2, 0.25) is 10.0 Å². The summed E-state index contributed by atoms with van der Waals surface area (Å²) in [5.74, 6) is 0. The van der Waals surface area contributed by atoms with Crippen LogP contribution >= 0.6 is 0 Å². The topological polar surface area (TPSA) is 81.4 Å². The fourth-order valence-corrected chi connectivity index (χ4v) is 2.80. The third-order valence-electron chi connectivity index (χ3n) is 2.76. The monoisotopic (exact) mass is 286 g/mol. The van der Waals surface area contributed by atoms with E-state index in [1.54, 1.807) is 12.1 Å². The van der Waals surface area contributed by atoms with Crippen LogP contribution in [0.15, 0.2) is 17.0 Å². The molecule has 108 valence electrons. The van der Waals surface area contributed by atoms with Gasteiger partial charge in [-0.1, -0.05) is 0 Å². The van der Waals surface area contributed by atoms with E-state index in [1.807, 2.05) is 27.7 Å². The van der Waals surface area contributed by atoms with Crippen LogP contribution in [0.1, 0.15) is 25.0 Å². The molecule has 0 aliphatic heterocycles. The largest absolute Gasteiger partial charge is 0.398 e. The molecule has 0 atom stereocenters. The molecule has 6 heteroatoms. The third kappa shape index (κ3) is 4.49. The van der Waals surface area contributed by atoms with E-state index < -0.39 is 10.0 Å². The summed E-state index contributed by atoms with van der Waals surface area (Å²) in [5.41, 5.74) is 7.91. The van der Waals surface area contributed by atoms with Crippen LogP contribution in [0, 0.1) is 13.8 Å². The van der Waals surface area contributed by atoms with Gasteiger partial charge in [0.15, 0.2) is 0 Å². The van der Waals surface area contributed by atoms with Gasteiger partial charge in [-0.2, -0.15) is 0 Å². The van der Waals surface area contributed by atoms with Crippen LogP contribution in [0.5, 0.6) is 0 Å². The van der Waals surface area contributed by atoms with Crippen molar-refractivity contribution in [2.75, 3.05) is 18.9 Å². The average Bonchev–Trinajstić information content (AvgIpc) is 2.29. The number of nitrogen functional groups attached to an aromatic ring is 1. The van der Waals surface area contributed by atoms with Crippen molar-refractivity contribution in [1.29, 1.82) is 0 Å². The van der Waals surface area contributed by atoms with Gasteiger partial charge in [-0.3, -0.25) is 0 Å². The molecule has 0 saturated heterocycles. The molecule has 0 aliphatic carbocycles. The normalized spacial score (nSPS) is 12.1. The van der Waals surface area contributed by atoms with E-state index in [2.05, 4.69) is 4.72 Å². The maximum atomic E-state index is 12.1. The molecule has 0 aromatic heterocycles. The molecular formula is C13H22N2O3S. The summed E-state index contributed by atoms with van der Waals surface area (Å²) in [7, 11) is -3.58. The number of anilines is 1. The van der Waals surface area contributed by atoms with Gasteiger partial charge in [0.05, 0.1) is 18.4 Å². The Hall–Kier alpha value is -1.11. The van der Waals surface area contributed by atoms with E-state index in [4.69, 9.17) is 10.5 Å². The van der Waals surface area contributed by atoms with Crippen LogP contribution in [0.25, 0.3) is 0 Å².